The molecule has 2 heterocycles. The zero-order valence-corrected chi connectivity index (χ0v) is 17.2. The molecular weight excluding hydrogens is 397 g/mol. The van der Waals surface area contributed by atoms with Crippen molar-refractivity contribution in [3.05, 3.63) is 54.0 Å². The fraction of sp³-hybridized carbons (Fsp3) is 0.292. The van der Waals surface area contributed by atoms with Crippen LogP contribution in [0, 0.1) is 11.7 Å². The van der Waals surface area contributed by atoms with Gasteiger partial charge >= 0.3 is 5.97 Å². The van der Waals surface area contributed by atoms with Gasteiger partial charge in [0.05, 0.1) is 23.1 Å². The average Bonchev–Trinajstić information content (AvgIpc) is 3.15. The van der Waals surface area contributed by atoms with E-state index in [0.29, 0.717) is 18.7 Å². The Bertz CT molecular complexity index is 1290. The second-order valence-corrected chi connectivity index (χ2v) is 8.44. The first kappa shape index (κ1) is 19.5. The number of carboxylic acids is 1. The van der Waals surface area contributed by atoms with Crippen LogP contribution in [0.1, 0.15) is 38.2 Å². The number of fused-ring (bicyclic) bond motifs is 2. The van der Waals surface area contributed by atoms with Crippen LogP contribution in [0.25, 0.3) is 32.9 Å². The van der Waals surface area contributed by atoms with E-state index in [-0.39, 0.29) is 23.8 Å². The van der Waals surface area contributed by atoms with Crippen molar-refractivity contribution in [1.29, 1.82) is 0 Å². The number of carboxylic acid groups (broad SMARTS) is 1. The number of aliphatic carboxylic acids is 1. The molecule has 5 rings (SSSR count). The molecule has 2 aromatic heterocycles. The lowest BCUT2D eigenvalue weighted by atomic mass is 9.82. The van der Waals surface area contributed by atoms with Crippen LogP contribution in [0.4, 0.5) is 4.39 Å². The van der Waals surface area contributed by atoms with Crippen LogP contribution >= 0.6 is 0 Å². The molecule has 1 aliphatic carbocycles. The van der Waals surface area contributed by atoms with Gasteiger partial charge in [-0.2, -0.15) is 5.10 Å². The Balaban J connectivity index is 1.72. The highest BCUT2D eigenvalue weighted by Gasteiger charge is 2.37. The fourth-order valence-electron chi connectivity index (χ4n) is 4.27. The summed E-state index contributed by atoms with van der Waals surface area (Å²) in [5, 5.41) is 18.2. The molecule has 6 nitrogen and oxygen atoms in total. The van der Waals surface area contributed by atoms with Crippen LogP contribution in [0.5, 0.6) is 5.88 Å². The Morgan fingerprint density at radius 2 is 1.97 bits per heavy atom. The minimum atomic E-state index is -0.788. The Labute approximate surface area is 178 Å². The van der Waals surface area contributed by atoms with Gasteiger partial charge in [-0.15, -0.1) is 0 Å². The minimum absolute atomic E-state index is 0.0855. The number of hydrogen-bond donors (Lipinski definition) is 2. The van der Waals surface area contributed by atoms with E-state index in [4.69, 9.17) is 9.72 Å². The third-order valence-corrected chi connectivity index (χ3v) is 5.98. The van der Waals surface area contributed by atoms with Crippen molar-refractivity contribution >= 4 is 27.8 Å². The van der Waals surface area contributed by atoms with E-state index in [1.54, 1.807) is 18.3 Å². The molecule has 158 valence electrons. The Kier molecular flexibility index (Phi) is 4.61. The highest BCUT2D eigenvalue weighted by Crippen LogP contribution is 2.43. The van der Waals surface area contributed by atoms with Crippen LogP contribution in [-0.2, 0) is 4.79 Å². The predicted molar refractivity (Wildman–Crippen MR) is 116 cm³/mol. The van der Waals surface area contributed by atoms with Gasteiger partial charge < -0.3 is 9.84 Å². The molecular formula is C24H22FN3O3. The first-order chi connectivity index (χ1) is 14.9. The smallest absolute Gasteiger partial charge is 0.306 e. The van der Waals surface area contributed by atoms with Crippen molar-refractivity contribution in [2.45, 2.75) is 38.7 Å². The summed E-state index contributed by atoms with van der Waals surface area (Å²) < 4.78 is 19.9. The van der Waals surface area contributed by atoms with Crippen LogP contribution in [0.2, 0.25) is 0 Å². The van der Waals surface area contributed by atoms with Crippen LogP contribution in [0.15, 0.2) is 42.6 Å². The quantitative estimate of drug-likeness (QED) is 0.459. The second kappa shape index (κ2) is 7.34. The number of carbonyl (C=O) groups is 1. The molecule has 7 heteroatoms. The standard InChI is InChI=1S/C24H22FN3O3/c1-12(2)21-22(13-3-5-16(25)6-4-13)18-9-15-11-26-28-19(15)10-20(18)27-23(21)31-17-7-14(8-17)24(29)30/h3-6,9-12,14,17H,7-8H2,1-2H3,(H,26,28)(H,29,30)/t14-,17-. The summed E-state index contributed by atoms with van der Waals surface area (Å²) >= 11 is 0. The van der Waals surface area contributed by atoms with Gasteiger partial charge in [-0.3, -0.25) is 9.89 Å². The number of nitrogens with zero attached hydrogens (tertiary/aromatic N) is 2. The highest BCUT2D eigenvalue weighted by molar-refractivity contribution is 6.04. The van der Waals surface area contributed by atoms with Crippen molar-refractivity contribution in [2.24, 2.45) is 5.92 Å². The largest absolute Gasteiger partial charge is 0.481 e. The summed E-state index contributed by atoms with van der Waals surface area (Å²) in [6, 6.07) is 10.4. The summed E-state index contributed by atoms with van der Waals surface area (Å²) in [4.78, 5) is 16.0. The maximum Gasteiger partial charge on any atom is 0.306 e. The van der Waals surface area contributed by atoms with Crippen LogP contribution in [0.3, 0.4) is 0 Å². The van der Waals surface area contributed by atoms with Gasteiger partial charge in [-0.1, -0.05) is 26.0 Å². The molecule has 0 atom stereocenters. The van der Waals surface area contributed by atoms with Crippen molar-refractivity contribution in [2.75, 3.05) is 0 Å². The molecule has 0 saturated heterocycles. The number of rotatable bonds is 5. The summed E-state index contributed by atoms with van der Waals surface area (Å²) in [5.74, 6) is -0.855. The molecule has 1 aliphatic rings. The van der Waals surface area contributed by atoms with Gasteiger partial charge in [0.15, 0.2) is 0 Å². The van der Waals surface area contributed by atoms with Crippen LogP contribution < -0.4 is 4.74 Å². The predicted octanol–water partition coefficient (Wildman–Crippen LogP) is 5.28. The third kappa shape index (κ3) is 3.40. The Morgan fingerprint density at radius 1 is 1.23 bits per heavy atom. The zero-order chi connectivity index (χ0) is 21.7. The van der Waals surface area contributed by atoms with Gasteiger partial charge in [0, 0.05) is 16.3 Å². The molecule has 31 heavy (non-hydrogen) atoms. The lowest BCUT2D eigenvalue weighted by molar-refractivity contribution is -0.148. The maximum atomic E-state index is 13.7. The summed E-state index contributed by atoms with van der Waals surface area (Å²) in [5.41, 5.74) is 4.36. The zero-order valence-electron chi connectivity index (χ0n) is 17.2. The lowest BCUT2D eigenvalue weighted by Gasteiger charge is -2.33. The molecule has 2 aromatic carbocycles. The van der Waals surface area contributed by atoms with Crippen molar-refractivity contribution in [3.63, 3.8) is 0 Å². The summed E-state index contributed by atoms with van der Waals surface area (Å²) in [6.45, 7) is 4.14. The van der Waals surface area contributed by atoms with E-state index in [1.807, 2.05) is 12.1 Å². The maximum absolute atomic E-state index is 13.7. The Morgan fingerprint density at radius 3 is 2.65 bits per heavy atom. The molecule has 0 aliphatic heterocycles. The summed E-state index contributed by atoms with van der Waals surface area (Å²) in [7, 11) is 0. The molecule has 0 unspecified atom stereocenters. The minimum Gasteiger partial charge on any atom is -0.481 e. The monoisotopic (exact) mass is 419 g/mol. The number of ether oxygens (including phenoxy) is 1. The SMILES string of the molecule is CC(C)c1c(O[C@H]2C[C@H](C(=O)O)C2)nc2cc3[nH]ncc3cc2c1-c1ccc(F)cc1. The lowest BCUT2D eigenvalue weighted by Crippen LogP contribution is -2.38. The highest BCUT2D eigenvalue weighted by atomic mass is 19.1. The van der Waals surface area contributed by atoms with Crippen LogP contribution in [-0.4, -0.2) is 32.4 Å². The van der Waals surface area contributed by atoms with E-state index in [0.717, 1.165) is 38.5 Å². The van der Waals surface area contributed by atoms with E-state index < -0.39 is 5.97 Å². The number of hydrogen-bond acceptors (Lipinski definition) is 4. The average molecular weight is 419 g/mol. The van der Waals surface area contributed by atoms with Gasteiger partial charge in [0.2, 0.25) is 5.88 Å². The number of nitrogens with one attached hydrogen (secondary N) is 1. The van der Waals surface area contributed by atoms with Crippen molar-refractivity contribution in [1.82, 2.24) is 15.2 Å². The normalized spacial score (nSPS) is 18.5. The number of halogens is 1. The van der Waals surface area contributed by atoms with Gasteiger partial charge in [-0.05, 0) is 54.2 Å². The van der Waals surface area contributed by atoms with E-state index >= 15 is 0 Å². The van der Waals surface area contributed by atoms with Crippen molar-refractivity contribution in [3.8, 4) is 17.0 Å². The van der Waals surface area contributed by atoms with Gasteiger partial charge in [-0.25, -0.2) is 9.37 Å². The number of benzene rings is 2. The molecule has 1 saturated carbocycles. The first-order valence-electron chi connectivity index (χ1n) is 10.4. The van der Waals surface area contributed by atoms with Gasteiger partial charge in [0.1, 0.15) is 11.9 Å². The Hall–Kier alpha value is -3.48. The summed E-state index contributed by atoms with van der Waals surface area (Å²) in [6.07, 6.45) is 2.53. The second-order valence-electron chi connectivity index (χ2n) is 8.44. The number of aromatic amines is 1. The van der Waals surface area contributed by atoms with E-state index in [9.17, 15) is 14.3 Å². The molecule has 0 bridgehead atoms. The topological polar surface area (TPSA) is 88.1 Å². The number of H-pyrrole nitrogens is 1. The molecule has 2 N–H and O–H groups in total. The molecule has 0 spiro atoms. The third-order valence-electron chi connectivity index (χ3n) is 5.98. The molecule has 4 aromatic rings. The molecule has 0 radical (unpaired) electrons. The van der Waals surface area contributed by atoms with E-state index in [1.165, 1.54) is 12.1 Å². The molecule has 1 fully saturated rings. The molecule has 0 amide bonds. The number of pyridine rings is 1. The van der Waals surface area contributed by atoms with E-state index in [2.05, 4.69) is 24.0 Å². The van der Waals surface area contributed by atoms with Crippen molar-refractivity contribution < 1.29 is 19.0 Å². The fourth-order valence-corrected chi connectivity index (χ4v) is 4.27. The first-order valence-corrected chi connectivity index (χ1v) is 10.4. The number of aromatic nitrogens is 3. The van der Waals surface area contributed by atoms with Gasteiger partial charge in [0.25, 0.3) is 0 Å².